The van der Waals surface area contributed by atoms with Crippen molar-refractivity contribution in [2.45, 2.75) is 36.6 Å². The Morgan fingerprint density at radius 3 is 2.34 bits per heavy atom. The summed E-state index contributed by atoms with van der Waals surface area (Å²) in [6, 6.07) is 15.9. The lowest BCUT2D eigenvalue weighted by atomic mass is 10.0. The Bertz CT molecular complexity index is 1010. The van der Waals surface area contributed by atoms with Gasteiger partial charge in [0.15, 0.2) is 0 Å². The maximum Gasteiger partial charge on any atom is 0.244 e. The van der Waals surface area contributed by atoms with Crippen molar-refractivity contribution in [2.24, 2.45) is 0 Å². The van der Waals surface area contributed by atoms with E-state index >= 15 is 0 Å². The molecule has 1 fully saturated rings. The first-order chi connectivity index (χ1) is 14.0. The summed E-state index contributed by atoms with van der Waals surface area (Å²) in [4.78, 5) is 15.5. The molecule has 2 aromatic rings. The van der Waals surface area contributed by atoms with Gasteiger partial charge in [0.05, 0.1) is 4.90 Å². The molecule has 0 radical (unpaired) electrons. The fourth-order valence-electron chi connectivity index (χ4n) is 4.23. The highest BCUT2D eigenvalue weighted by Crippen LogP contribution is 2.33. The van der Waals surface area contributed by atoms with Gasteiger partial charge in [0.25, 0.3) is 0 Å². The van der Waals surface area contributed by atoms with Gasteiger partial charge in [-0.1, -0.05) is 55.1 Å². The predicted molar refractivity (Wildman–Crippen MR) is 114 cm³/mol. The minimum Gasteiger partial charge on any atom is -0.341 e. The van der Waals surface area contributed by atoms with Crippen molar-refractivity contribution >= 4 is 21.5 Å². The lowest BCUT2D eigenvalue weighted by molar-refractivity contribution is -0.134. The van der Waals surface area contributed by atoms with Crippen LogP contribution in [-0.2, 0) is 21.2 Å². The van der Waals surface area contributed by atoms with Crippen LogP contribution in [0.1, 0.15) is 30.4 Å². The summed E-state index contributed by atoms with van der Waals surface area (Å²) in [5, 5.41) is 0. The van der Waals surface area contributed by atoms with E-state index in [9.17, 15) is 13.2 Å². The first-order valence-electron chi connectivity index (χ1n) is 10.1. The third-order valence-corrected chi connectivity index (χ3v) is 7.78. The number of benzene rings is 2. The van der Waals surface area contributed by atoms with E-state index in [0.717, 1.165) is 24.0 Å². The molecule has 29 heavy (non-hydrogen) atoms. The second-order valence-corrected chi connectivity index (χ2v) is 9.56. The maximum absolute atomic E-state index is 13.6. The van der Waals surface area contributed by atoms with Gasteiger partial charge in [-0.2, -0.15) is 4.31 Å². The molecule has 1 atom stereocenters. The van der Waals surface area contributed by atoms with Crippen molar-refractivity contribution in [3.63, 3.8) is 0 Å². The van der Waals surface area contributed by atoms with Crippen LogP contribution in [0.4, 0.5) is 0 Å². The van der Waals surface area contributed by atoms with Gasteiger partial charge in [-0.15, -0.1) is 0 Å². The van der Waals surface area contributed by atoms with Gasteiger partial charge in [0.2, 0.25) is 15.9 Å². The fraction of sp³-hybridized carbons (Fsp3) is 0.348. The van der Waals surface area contributed by atoms with Crippen molar-refractivity contribution in [1.29, 1.82) is 0 Å². The number of carbonyl (C=O) groups is 1. The zero-order valence-corrected chi connectivity index (χ0v) is 17.3. The number of likely N-dealkylation sites (tertiary alicyclic amines) is 1. The van der Waals surface area contributed by atoms with Crippen molar-refractivity contribution < 1.29 is 13.2 Å². The largest absolute Gasteiger partial charge is 0.341 e. The number of rotatable bonds is 4. The smallest absolute Gasteiger partial charge is 0.244 e. The average molecular weight is 411 g/mol. The number of hydrogen-bond donors (Lipinski definition) is 0. The summed E-state index contributed by atoms with van der Waals surface area (Å²) in [6.07, 6.45) is 2.81. The quantitative estimate of drug-likeness (QED) is 0.777. The highest BCUT2D eigenvalue weighted by molar-refractivity contribution is 7.89. The first-order valence-corrected chi connectivity index (χ1v) is 11.5. The molecule has 4 rings (SSSR count). The van der Waals surface area contributed by atoms with Crippen molar-refractivity contribution in [1.82, 2.24) is 9.21 Å². The van der Waals surface area contributed by atoms with E-state index in [1.807, 2.05) is 41.3 Å². The second-order valence-electron chi connectivity index (χ2n) is 7.70. The molecular weight excluding hydrogens is 384 g/mol. The molecule has 1 saturated heterocycles. The number of nitrogens with zero attached hydrogens (tertiary/aromatic N) is 2. The maximum atomic E-state index is 13.6. The molecule has 2 aromatic carbocycles. The minimum absolute atomic E-state index is 0.0973. The minimum atomic E-state index is -3.82. The van der Waals surface area contributed by atoms with E-state index in [1.165, 1.54) is 4.31 Å². The van der Waals surface area contributed by atoms with Gasteiger partial charge in [-0.25, -0.2) is 8.42 Å². The van der Waals surface area contributed by atoms with Crippen molar-refractivity contribution in [2.75, 3.05) is 19.6 Å². The molecule has 152 valence electrons. The van der Waals surface area contributed by atoms with Gasteiger partial charge in [-0.3, -0.25) is 4.79 Å². The normalized spacial score (nSPS) is 20.1. The second kappa shape index (κ2) is 8.13. The van der Waals surface area contributed by atoms with E-state index in [1.54, 1.807) is 18.2 Å². The lowest BCUT2D eigenvalue weighted by Gasteiger charge is -2.32. The Morgan fingerprint density at radius 1 is 0.966 bits per heavy atom. The van der Waals surface area contributed by atoms with Gasteiger partial charge < -0.3 is 4.90 Å². The fourth-order valence-corrected chi connectivity index (χ4v) is 6.06. The summed E-state index contributed by atoms with van der Waals surface area (Å²) in [7, 11) is -3.82. The third kappa shape index (κ3) is 3.87. The molecule has 6 heteroatoms. The van der Waals surface area contributed by atoms with Crippen LogP contribution >= 0.6 is 0 Å². The molecule has 0 aliphatic carbocycles. The molecule has 2 aliphatic heterocycles. The highest BCUT2D eigenvalue weighted by Gasteiger charge is 2.40. The van der Waals surface area contributed by atoms with Gasteiger partial charge >= 0.3 is 0 Å². The van der Waals surface area contributed by atoms with Crippen LogP contribution in [0.5, 0.6) is 0 Å². The van der Waals surface area contributed by atoms with E-state index in [-0.39, 0.29) is 17.3 Å². The Hall–Kier alpha value is -2.44. The molecule has 0 bridgehead atoms. The first kappa shape index (κ1) is 19.9. The summed E-state index contributed by atoms with van der Waals surface area (Å²) in [6.45, 7) is 5.74. The van der Waals surface area contributed by atoms with Crippen molar-refractivity contribution in [3.8, 4) is 0 Å². The van der Waals surface area contributed by atoms with E-state index in [4.69, 9.17) is 0 Å². The molecule has 0 saturated carbocycles. The Morgan fingerprint density at radius 2 is 1.62 bits per heavy atom. The van der Waals surface area contributed by atoms with Crippen LogP contribution in [0.3, 0.4) is 0 Å². The Kier molecular flexibility index (Phi) is 5.56. The molecule has 2 heterocycles. The topological polar surface area (TPSA) is 57.7 Å². The molecule has 2 aliphatic rings. The Labute approximate surface area is 172 Å². The van der Waals surface area contributed by atoms with Crippen LogP contribution in [0, 0.1) is 0 Å². The number of carbonyl (C=O) groups excluding carboxylic acids is 1. The number of sulfonamides is 1. The van der Waals surface area contributed by atoms with Crippen LogP contribution in [0.25, 0.3) is 5.57 Å². The van der Waals surface area contributed by atoms with Crippen molar-refractivity contribution in [3.05, 3.63) is 72.3 Å². The predicted octanol–water partition coefficient (Wildman–Crippen LogP) is 3.33. The molecule has 0 aromatic heterocycles. The third-order valence-electron chi connectivity index (χ3n) is 5.81. The van der Waals surface area contributed by atoms with Gasteiger partial charge in [0, 0.05) is 19.6 Å². The van der Waals surface area contributed by atoms with Crippen LogP contribution in [0.15, 0.2) is 66.1 Å². The molecular formula is C23H26N2O3S. The highest BCUT2D eigenvalue weighted by atomic mass is 32.2. The van der Waals surface area contributed by atoms with Crippen LogP contribution < -0.4 is 0 Å². The zero-order chi connectivity index (χ0) is 20.4. The summed E-state index contributed by atoms with van der Waals surface area (Å²) >= 11 is 0. The van der Waals surface area contributed by atoms with E-state index < -0.39 is 16.1 Å². The molecule has 0 N–H and O–H groups in total. The monoisotopic (exact) mass is 410 g/mol. The number of fused-ring (bicyclic) bond motifs is 1. The molecule has 0 unspecified atom stereocenters. The van der Waals surface area contributed by atoms with E-state index in [0.29, 0.717) is 31.5 Å². The molecule has 0 spiro atoms. The summed E-state index contributed by atoms with van der Waals surface area (Å²) in [5.74, 6) is -0.0973. The lowest BCUT2D eigenvalue weighted by Crippen LogP contribution is -2.51. The zero-order valence-electron chi connectivity index (χ0n) is 16.5. The number of amides is 1. The summed E-state index contributed by atoms with van der Waals surface area (Å²) < 4.78 is 28.7. The van der Waals surface area contributed by atoms with Crippen LogP contribution in [-0.4, -0.2) is 49.2 Å². The van der Waals surface area contributed by atoms with E-state index in [2.05, 4.69) is 6.58 Å². The molecule has 1 amide bonds. The molecule has 5 nitrogen and oxygen atoms in total. The average Bonchev–Trinajstić information content (AvgIpc) is 3.25. The number of hydrogen-bond acceptors (Lipinski definition) is 3. The van der Waals surface area contributed by atoms with Crippen LogP contribution in [0.2, 0.25) is 0 Å². The van der Waals surface area contributed by atoms with Gasteiger partial charge in [-0.05, 0) is 48.4 Å². The summed E-state index contributed by atoms with van der Waals surface area (Å²) in [5.41, 5.74) is 2.40. The SMILES string of the molecule is C=C1CCN([C@@H](Cc2ccccc2)C(=O)N2CCCC2)S(=O)(=O)c2ccccc21. The Balaban J connectivity index is 1.76. The van der Waals surface area contributed by atoms with Gasteiger partial charge in [0.1, 0.15) is 6.04 Å². The standard InChI is InChI=1S/C23H26N2O3S/c1-18-13-16-25(29(27,28)22-12-6-5-11-20(18)22)21(17-19-9-3-2-4-10-19)23(26)24-14-7-8-15-24/h2-6,9-12,21H,1,7-8,13-17H2/t21-/m0/s1.